The van der Waals surface area contributed by atoms with Crippen molar-refractivity contribution < 1.29 is 14.3 Å². The van der Waals surface area contributed by atoms with Crippen molar-refractivity contribution in [3.63, 3.8) is 0 Å². The Morgan fingerprint density at radius 1 is 1.35 bits per heavy atom. The second-order valence-corrected chi connectivity index (χ2v) is 6.73. The summed E-state index contributed by atoms with van der Waals surface area (Å²) in [7, 11) is 0. The highest BCUT2D eigenvalue weighted by atomic mass is 16.3. The molecule has 3 rings (SSSR count). The quantitative estimate of drug-likeness (QED) is 0.923. The standard InChI is InChI=1S/C19H23NO3/c1-13-12-20(10-9-19(13,3)22)18(21)16-11-14(2)23-17(16)15-7-5-4-6-8-15/h4-8,11,13,22H,9-10,12H2,1-3H3/t13-,19+/m1/s1. The van der Waals surface area contributed by atoms with Crippen LogP contribution < -0.4 is 0 Å². The van der Waals surface area contributed by atoms with Gasteiger partial charge in [0.25, 0.3) is 5.91 Å². The summed E-state index contributed by atoms with van der Waals surface area (Å²) in [6.45, 7) is 6.81. The molecule has 0 aliphatic carbocycles. The van der Waals surface area contributed by atoms with E-state index < -0.39 is 5.60 Å². The summed E-state index contributed by atoms with van der Waals surface area (Å²) in [5.74, 6) is 1.37. The first-order valence-electron chi connectivity index (χ1n) is 8.06. The van der Waals surface area contributed by atoms with Gasteiger partial charge in [-0.05, 0) is 26.3 Å². The molecule has 1 fully saturated rings. The molecule has 4 heteroatoms. The minimum absolute atomic E-state index is 0.0250. The number of carbonyl (C=O) groups is 1. The predicted octanol–water partition coefficient (Wildman–Crippen LogP) is 3.49. The van der Waals surface area contributed by atoms with E-state index in [-0.39, 0.29) is 11.8 Å². The van der Waals surface area contributed by atoms with E-state index in [1.54, 1.807) is 0 Å². The van der Waals surface area contributed by atoms with Crippen LogP contribution in [-0.2, 0) is 0 Å². The largest absolute Gasteiger partial charge is 0.461 e. The molecule has 0 bridgehead atoms. The molecular formula is C19H23NO3. The topological polar surface area (TPSA) is 53.7 Å². The second kappa shape index (κ2) is 5.85. The first-order valence-corrected chi connectivity index (χ1v) is 8.06. The van der Waals surface area contributed by atoms with Gasteiger partial charge in [0.05, 0.1) is 11.2 Å². The van der Waals surface area contributed by atoms with Crippen LogP contribution in [0.1, 0.15) is 36.4 Å². The van der Waals surface area contributed by atoms with Gasteiger partial charge in [-0.25, -0.2) is 0 Å². The molecule has 0 radical (unpaired) electrons. The van der Waals surface area contributed by atoms with Gasteiger partial charge in [-0.15, -0.1) is 0 Å². The molecule has 2 atom stereocenters. The van der Waals surface area contributed by atoms with E-state index >= 15 is 0 Å². The van der Waals surface area contributed by atoms with E-state index in [1.807, 2.05) is 62.1 Å². The highest BCUT2D eigenvalue weighted by molar-refractivity contribution is 6.00. The van der Waals surface area contributed by atoms with Crippen molar-refractivity contribution in [2.45, 2.75) is 32.8 Å². The maximum Gasteiger partial charge on any atom is 0.257 e. The van der Waals surface area contributed by atoms with Gasteiger partial charge in [-0.3, -0.25) is 4.79 Å². The van der Waals surface area contributed by atoms with Gasteiger partial charge < -0.3 is 14.4 Å². The molecule has 1 amide bonds. The van der Waals surface area contributed by atoms with E-state index in [4.69, 9.17) is 4.42 Å². The van der Waals surface area contributed by atoms with Crippen LogP contribution in [0.2, 0.25) is 0 Å². The highest BCUT2D eigenvalue weighted by Gasteiger charge is 2.37. The molecule has 2 heterocycles. The summed E-state index contributed by atoms with van der Waals surface area (Å²) < 4.78 is 5.78. The Labute approximate surface area is 136 Å². The Hall–Kier alpha value is -2.07. The molecule has 1 N–H and O–H groups in total. The zero-order valence-electron chi connectivity index (χ0n) is 13.9. The fourth-order valence-electron chi connectivity index (χ4n) is 3.06. The third kappa shape index (κ3) is 3.04. The summed E-state index contributed by atoms with van der Waals surface area (Å²) >= 11 is 0. The van der Waals surface area contributed by atoms with Crippen LogP contribution in [0.4, 0.5) is 0 Å². The molecule has 0 spiro atoms. The molecule has 4 nitrogen and oxygen atoms in total. The van der Waals surface area contributed by atoms with Crippen LogP contribution in [0.25, 0.3) is 11.3 Å². The minimum Gasteiger partial charge on any atom is -0.461 e. The van der Waals surface area contributed by atoms with Crippen LogP contribution in [-0.4, -0.2) is 34.6 Å². The number of aryl methyl sites for hydroxylation is 1. The van der Waals surface area contributed by atoms with Gasteiger partial charge in [-0.2, -0.15) is 0 Å². The number of hydrogen-bond acceptors (Lipinski definition) is 3. The van der Waals surface area contributed by atoms with Crippen LogP contribution in [0, 0.1) is 12.8 Å². The molecular weight excluding hydrogens is 290 g/mol. The van der Waals surface area contributed by atoms with Crippen molar-refractivity contribution in [1.82, 2.24) is 4.90 Å². The highest BCUT2D eigenvalue weighted by Crippen LogP contribution is 2.31. The smallest absolute Gasteiger partial charge is 0.257 e. The summed E-state index contributed by atoms with van der Waals surface area (Å²) in [5.41, 5.74) is 0.800. The van der Waals surface area contributed by atoms with Crippen molar-refractivity contribution in [2.24, 2.45) is 5.92 Å². The van der Waals surface area contributed by atoms with Crippen LogP contribution in [0.15, 0.2) is 40.8 Å². The van der Waals surface area contributed by atoms with E-state index in [9.17, 15) is 9.90 Å². The molecule has 0 saturated carbocycles. The number of carbonyl (C=O) groups excluding carboxylic acids is 1. The third-order valence-electron chi connectivity index (χ3n) is 4.85. The molecule has 23 heavy (non-hydrogen) atoms. The Balaban J connectivity index is 1.89. The molecule has 0 unspecified atom stereocenters. The third-order valence-corrected chi connectivity index (χ3v) is 4.85. The van der Waals surface area contributed by atoms with E-state index in [0.29, 0.717) is 30.8 Å². The van der Waals surface area contributed by atoms with E-state index in [0.717, 1.165) is 11.3 Å². The van der Waals surface area contributed by atoms with Crippen LogP contribution in [0.3, 0.4) is 0 Å². The Kier molecular flexibility index (Phi) is 4.02. The number of aliphatic hydroxyl groups is 1. The van der Waals surface area contributed by atoms with Gasteiger partial charge in [0.1, 0.15) is 11.5 Å². The van der Waals surface area contributed by atoms with Gasteiger partial charge >= 0.3 is 0 Å². The average Bonchev–Trinajstić information content (AvgIpc) is 2.92. The lowest BCUT2D eigenvalue weighted by Crippen LogP contribution is -2.50. The maximum atomic E-state index is 12.9. The number of benzene rings is 1. The van der Waals surface area contributed by atoms with Crippen molar-refractivity contribution in [2.75, 3.05) is 13.1 Å². The zero-order chi connectivity index (χ0) is 16.6. The average molecular weight is 313 g/mol. The fourth-order valence-corrected chi connectivity index (χ4v) is 3.06. The number of likely N-dealkylation sites (tertiary alicyclic amines) is 1. The predicted molar refractivity (Wildman–Crippen MR) is 89.2 cm³/mol. The summed E-state index contributed by atoms with van der Waals surface area (Å²) in [5, 5.41) is 10.3. The van der Waals surface area contributed by atoms with Crippen LogP contribution >= 0.6 is 0 Å². The summed E-state index contributed by atoms with van der Waals surface area (Å²) in [6, 6.07) is 11.5. The molecule has 1 saturated heterocycles. The van der Waals surface area contributed by atoms with E-state index in [1.165, 1.54) is 0 Å². The van der Waals surface area contributed by atoms with Crippen LogP contribution in [0.5, 0.6) is 0 Å². The number of piperidine rings is 1. The maximum absolute atomic E-state index is 12.9. The van der Waals surface area contributed by atoms with Crippen molar-refractivity contribution >= 4 is 5.91 Å². The lowest BCUT2D eigenvalue weighted by molar-refractivity contribution is -0.0439. The monoisotopic (exact) mass is 313 g/mol. The van der Waals surface area contributed by atoms with E-state index in [2.05, 4.69) is 0 Å². The van der Waals surface area contributed by atoms with Gasteiger partial charge in [0.15, 0.2) is 0 Å². The van der Waals surface area contributed by atoms with Gasteiger partial charge in [-0.1, -0.05) is 37.3 Å². The Morgan fingerprint density at radius 3 is 2.70 bits per heavy atom. The molecule has 122 valence electrons. The number of amides is 1. The molecule has 1 aliphatic rings. The number of nitrogens with zero attached hydrogens (tertiary/aromatic N) is 1. The number of hydrogen-bond donors (Lipinski definition) is 1. The van der Waals surface area contributed by atoms with Gasteiger partial charge in [0, 0.05) is 24.6 Å². The van der Waals surface area contributed by atoms with Gasteiger partial charge in [0.2, 0.25) is 0 Å². The van der Waals surface area contributed by atoms with Crippen molar-refractivity contribution in [3.05, 3.63) is 47.7 Å². The van der Waals surface area contributed by atoms with Crippen molar-refractivity contribution in [1.29, 1.82) is 0 Å². The Morgan fingerprint density at radius 2 is 2.04 bits per heavy atom. The lowest BCUT2D eigenvalue weighted by atomic mass is 9.83. The minimum atomic E-state index is -0.703. The molecule has 1 aromatic carbocycles. The Bertz CT molecular complexity index is 703. The first kappa shape index (κ1) is 15.8. The van der Waals surface area contributed by atoms with Crippen molar-refractivity contribution in [3.8, 4) is 11.3 Å². The first-order chi connectivity index (χ1) is 10.9. The molecule has 1 aliphatic heterocycles. The summed E-state index contributed by atoms with van der Waals surface area (Å²) in [6.07, 6.45) is 0.595. The SMILES string of the molecule is Cc1cc(C(=O)N2CC[C@](C)(O)[C@H](C)C2)c(-c2ccccc2)o1. The molecule has 2 aromatic rings. The number of rotatable bonds is 2. The molecule has 1 aromatic heterocycles. The zero-order valence-corrected chi connectivity index (χ0v) is 13.9. The second-order valence-electron chi connectivity index (χ2n) is 6.73. The summed E-state index contributed by atoms with van der Waals surface area (Å²) in [4.78, 5) is 14.8. The normalized spacial score (nSPS) is 24.7. The lowest BCUT2D eigenvalue weighted by Gasteiger charge is -2.41. The number of furan rings is 1. The fraction of sp³-hybridized carbons (Fsp3) is 0.421.